The summed E-state index contributed by atoms with van der Waals surface area (Å²) < 4.78 is 49.4. The highest BCUT2D eigenvalue weighted by Gasteiger charge is 2.36. The van der Waals surface area contributed by atoms with Gasteiger partial charge in [-0.15, -0.1) is 0 Å². The lowest BCUT2D eigenvalue weighted by atomic mass is 10.1. The maximum absolute atomic E-state index is 13.0. The summed E-state index contributed by atoms with van der Waals surface area (Å²) in [6, 6.07) is 13.0. The Morgan fingerprint density at radius 3 is 1.75 bits per heavy atom. The van der Waals surface area contributed by atoms with Crippen LogP contribution in [0.5, 0.6) is 0 Å². The zero-order chi connectivity index (χ0) is 21.2. The quantitative estimate of drug-likeness (QED) is 0.545. The Kier molecular flexibility index (Phi) is 6.35. The van der Waals surface area contributed by atoms with Gasteiger partial charge in [-0.2, -0.15) is 13.5 Å². The third kappa shape index (κ3) is 4.99. The summed E-state index contributed by atoms with van der Waals surface area (Å²) in [7, 11) is -7.43. The molecule has 0 aliphatic heterocycles. The molecule has 2 aromatic rings. The van der Waals surface area contributed by atoms with Crippen molar-refractivity contribution in [3.05, 3.63) is 59.7 Å². The van der Waals surface area contributed by atoms with Crippen molar-refractivity contribution < 1.29 is 16.8 Å². The van der Waals surface area contributed by atoms with Gasteiger partial charge in [-0.25, -0.2) is 13.2 Å². The van der Waals surface area contributed by atoms with Crippen molar-refractivity contribution in [2.24, 2.45) is 5.10 Å². The van der Waals surface area contributed by atoms with Crippen LogP contribution in [-0.2, 0) is 19.9 Å². The van der Waals surface area contributed by atoms with Gasteiger partial charge in [0, 0.05) is 12.1 Å². The van der Waals surface area contributed by atoms with Crippen LogP contribution in [0, 0.1) is 13.8 Å². The molecule has 0 aliphatic rings. The van der Waals surface area contributed by atoms with Gasteiger partial charge in [0.2, 0.25) is 0 Å². The molecule has 0 amide bonds. The molecule has 0 aromatic heterocycles. The van der Waals surface area contributed by atoms with Crippen LogP contribution < -0.4 is 4.83 Å². The number of hydrogen-bond donors (Lipinski definition) is 1. The minimum atomic E-state index is -3.81. The molecular formula is C20H26N2O4S2. The predicted octanol–water partition coefficient (Wildman–Crippen LogP) is 3.60. The van der Waals surface area contributed by atoms with Crippen LogP contribution in [-0.4, -0.2) is 27.3 Å². The Morgan fingerprint density at radius 1 is 0.857 bits per heavy atom. The summed E-state index contributed by atoms with van der Waals surface area (Å²) in [6.07, 6.45) is 0.0830. The van der Waals surface area contributed by atoms with Crippen LogP contribution in [0.4, 0.5) is 0 Å². The third-order valence-electron chi connectivity index (χ3n) is 4.43. The van der Waals surface area contributed by atoms with Gasteiger partial charge in [0.1, 0.15) is 0 Å². The van der Waals surface area contributed by atoms with E-state index in [4.69, 9.17) is 0 Å². The minimum absolute atomic E-state index is 0.0830. The molecule has 2 aromatic carbocycles. The molecule has 0 spiro atoms. The van der Waals surface area contributed by atoms with Gasteiger partial charge in [-0.1, -0.05) is 35.4 Å². The molecule has 0 saturated carbocycles. The number of nitrogens with one attached hydrogen (secondary N) is 1. The van der Waals surface area contributed by atoms with Crippen molar-refractivity contribution in [2.75, 3.05) is 0 Å². The van der Waals surface area contributed by atoms with Crippen molar-refractivity contribution >= 4 is 25.6 Å². The van der Waals surface area contributed by atoms with E-state index in [0.717, 1.165) is 11.1 Å². The third-order valence-corrected chi connectivity index (χ3v) is 8.14. The molecule has 0 fully saturated rings. The summed E-state index contributed by atoms with van der Waals surface area (Å²) in [6.45, 7) is 8.57. The van der Waals surface area contributed by atoms with Gasteiger partial charge < -0.3 is 0 Å². The molecule has 0 saturated heterocycles. The minimum Gasteiger partial charge on any atom is -0.223 e. The van der Waals surface area contributed by atoms with Gasteiger partial charge in [-0.05, 0) is 58.9 Å². The highest BCUT2D eigenvalue weighted by atomic mass is 32.2. The van der Waals surface area contributed by atoms with Gasteiger partial charge in [0.15, 0.2) is 9.84 Å². The fourth-order valence-electron chi connectivity index (χ4n) is 2.70. The number of rotatable bonds is 7. The Morgan fingerprint density at radius 2 is 1.29 bits per heavy atom. The van der Waals surface area contributed by atoms with Gasteiger partial charge in [0.25, 0.3) is 10.0 Å². The highest BCUT2D eigenvalue weighted by molar-refractivity contribution is 7.92. The number of hydrazone groups is 1. The van der Waals surface area contributed by atoms with Crippen molar-refractivity contribution in [3.8, 4) is 0 Å². The van der Waals surface area contributed by atoms with E-state index in [1.54, 1.807) is 57.2 Å². The first-order chi connectivity index (χ1) is 12.8. The fraction of sp³-hybridized carbons (Fsp3) is 0.350. The highest BCUT2D eigenvalue weighted by Crippen LogP contribution is 2.29. The van der Waals surface area contributed by atoms with E-state index in [2.05, 4.69) is 9.93 Å². The predicted molar refractivity (Wildman–Crippen MR) is 112 cm³/mol. The molecule has 1 N–H and O–H groups in total. The van der Waals surface area contributed by atoms with Crippen LogP contribution in [0.3, 0.4) is 0 Å². The second-order valence-corrected chi connectivity index (χ2v) is 11.8. The first-order valence-corrected chi connectivity index (χ1v) is 11.7. The second kappa shape index (κ2) is 8.05. The number of benzene rings is 2. The maximum Gasteiger partial charge on any atom is 0.276 e. The van der Waals surface area contributed by atoms with Gasteiger partial charge in [-0.3, -0.25) is 0 Å². The SMILES string of the molecule is C/C(CC(C)(C)S(=O)(=O)c1ccc(C)cc1)=N\NS(=O)(=O)c1ccc(C)cc1. The Hall–Kier alpha value is -2.19. The lowest BCUT2D eigenvalue weighted by Crippen LogP contribution is -2.34. The summed E-state index contributed by atoms with van der Waals surface area (Å²) in [5.74, 6) is 0. The number of nitrogens with zero attached hydrogens (tertiary/aromatic N) is 1. The average molecular weight is 423 g/mol. The Labute approximate surface area is 167 Å². The van der Waals surface area contributed by atoms with Crippen LogP contribution in [0.15, 0.2) is 63.4 Å². The smallest absolute Gasteiger partial charge is 0.223 e. The van der Waals surface area contributed by atoms with E-state index >= 15 is 0 Å². The van der Waals surface area contributed by atoms with Crippen LogP contribution >= 0.6 is 0 Å². The van der Waals surface area contributed by atoms with E-state index in [-0.39, 0.29) is 16.2 Å². The van der Waals surface area contributed by atoms with Crippen molar-refractivity contribution in [3.63, 3.8) is 0 Å². The van der Waals surface area contributed by atoms with Crippen LogP contribution in [0.25, 0.3) is 0 Å². The topological polar surface area (TPSA) is 92.7 Å². The molecule has 28 heavy (non-hydrogen) atoms. The molecule has 152 valence electrons. The van der Waals surface area contributed by atoms with E-state index < -0.39 is 24.6 Å². The molecule has 0 radical (unpaired) electrons. The van der Waals surface area contributed by atoms with E-state index in [1.807, 2.05) is 13.8 Å². The lowest BCUT2D eigenvalue weighted by molar-refractivity contribution is 0.551. The van der Waals surface area contributed by atoms with Crippen LogP contribution in [0.1, 0.15) is 38.3 Å². The molecule has 0 heterocycles. The molecule has 0 unspecified atom stereocenters. The molecule has 0 bridgehead atoms. The molecule has 0 atom stereocenters. The van der Waals surface area contributed by atoms with Crippen molar-refractivity contribution in [1.82, 2.24) is 4.83 Å². The van der Waals surface area contributed by atoms with Crippen molar-refractivity contribution in [1.29, 1.82) is 0 Å². The number of sulfonamides is 1. The fourth-order valence-corrected chi connectivity index (χ4v) is 5.10. The lowest BCUT2D eigenvalue weighted by Gasteiger charge is -2.25. The van der Waals surface area contributed by atoms with Crippen LogP contribution in [0.2, 0.25) is 0 Å². The zero-order valence-corrected chi connectivity index (χ0v) is 18.4. The molecule has 8 heteroatoms. The van der Waals surface area contributed by atoms with E-state index in [1.165, 1.54) is 12.1 Å². The summed E-state index contributed by atoms with van der Waals surface area (Å²) in [5, 5.41) is 3.92. The number of sulfone groups is 1. The molecular weight excluding hydrogens is 396 g/mol. The Bertz CT molecular complexity index is 1070. The maximum atomic E-state index is 13.0. The normalized spacial score (nSPS) is 13.4. The molecule has 0 aliphatic carbocycles. The molecule has 6 nitrogen and oxygen atoms in total. The largest absolute Gasteiger partial charge is 0.276 e. The standard InChI is InChI=1S/C20H26N2O4S2/c1-15-6-10-18(11-7-15)27(23,24)20(4,5)14-17(3)21-22-28(25,26)19-12-8-16(2)9-13-19/h6-13,22H,14H2,1-5H3/b21-17+. The second-order valence-electron chi connectivity index (χ2n) is 7.51. The van der Waals surface area contributed by atoms with Gasteiger partial charge in [0.05, 0.1) is 14.5 Å². The summed E-state index contributed by atoms with van der Waals surface area (Å²) in [4.78, 5) is 2.51. The first-order valence-electron chi connectivity index (χ1n) is 8.78. The summed E-state index contributed by atoms with van der Waals surface area (Å²) >= 11 is 0. The monoisotopic (exact) mass is 422 g/mol. The van der Waals surface area contributed by atoms with Crippen molar-refractivity contribution in [2.45, 2.75) is 55.6 Å². The zero-order valence-electron chi connectivity index (χ0n) is 16.7. The average Bonchev–Trinajstić information content (AvgIpc) is 2.60. The van der Waals surface area contributed by atoms with E-state index in [0.29, 0.717) is 5.71 Å². The summed E-state index contributed by atoms with van der Waals surface area (Å²) in [5.41, 5.74) is 2.29. The number of hydrogen-bond acceptors (Lipinski definition) is 5. The first kappa shape index (κ1) is 22.1. The number of aryl methyl sites for hydroxylation is 2. The van der Waals surface area contributed by atoms with E-state index in [9.17, 15) is 16.8 Å². The molecule has 2 rings (SSSR count). The Balaban J connectivity index is 2.18. The van der Waals surface area contributed by atoms with Gasteiger partial charge >= 0.3 is 0 Å².